The van der Waals surface area contributed by atoms with Crippen molar-refractivity contribution in [2.75, 3.05) is 6.61 Å². The molecular weight excluding hydrogens is 218 g/mol. The van der Waals surface area contributed by atoms with Gasteiger partial charge in [0.25, 0.3) is 5.91 Å². The summed E-state index contributed by atoms with van der Waals surface area (Å²) < 4.78 is 1.70. The number of hydrogen-bond donors (Lipinski definition) is 2. The third-order valence-electron chi connectivity index (χ3n) is 2.70. The number of nitrogens with one attached hydrogen (secondary N) is 1. The zero-order chi connectivity index (χ0) is 12.8. The second kappa shape index (κ2) is 6.39. The first kappa shape index (κ1) is 13.7. The molecule has 5 heteroatoms. The number of rotatable bonds is 6. The first-order valence-electron chi connectivity index (χ1n) is 6.05. The summed E-state index contributed by atoms with van der Waals surface area (Å²) in [4.78, 5) is 12.0. The Bertz CT molecular complexity index is 360. The molecule has 96 valence electrons. The van der Waals surface area contributed by atoms with Gasteiger partial charge in [-0.15, -0.1) is 0 Å². The standard InChI is InChI=1S/C12H21N3O2/c1-4-10(6-8-16)14-12(17)11-5-7-13-15(11)9(2)3/h5,7,9-10,16H,4,6,8H2,1-3H3,(H,14,17). The molecule has 0 aliphatic carbocycles. The molecule has 0 saturated carbocycles. The van der Waals surface area contributed by atoms with Gasteiger partial charge in [-0.3, -0.25) is 9.48 Å². The molecule has 2 N–H and O–H groups in total. The van der Waals surface area contributed by atoms with Crippen molar-refractivity contribution in [3.05, 3.63) is 18.0 Å². The van der Waals surface area contributed by atoms with Gasteiger partial charge in [-0.25, -0.2) is 0 Å². The molecule has 1 aromatic heterocycles. The van der Waals surface area contributed by atoms with Gasteiger partial charge in [0.05, 0.1) is 0 Å². The third kappa shape index (κ3) is 3.56. The third-order valence-corrected chi connectivity index (χ3v) is 2.70. The van der Waals surface area contributed by atoms with Crippen molar-refractivity contribution < 1.29 is 9.90 Å². The highest BCUT2D eigenvalue weighted by molar-refractivity contribution is 5.92. The van der Waals surface area contributed by atoms with Crippen LogP contribution in [0, 0.1) is 0 Å². The van der Waals surface area contributed by atoms with Crippen LogP contribution < -0.4 is 5.32 Å². The number of aliphatic hydroxyl groups excluding tert-OH is 1. The molecule has 0 aromatic carbocycles. The topological polar surface area (TPSA) is 67.2 Å². The molecule has 0 radical (unpaired) electrons. The van der Waals surface area contributed by atoms with E-state index in [4.69, 9.17) is 5.11 Å². The van der Waals surface area contributed by atoms with Crippen LogP contribution >= 0.6 is 0 Å². The number of nitrogens with zero attached hydrogens (tertiary/aromatic N) is 2. The van der Waals surface area contributed by atoms with Crippen LogP contribution in [0.15, 0.2) is 12.3 Å². The number of aromatic nitrogens is 2. The highest BCUT2D eigenvalue weighted by atomic mass is 16.3. The van der Waals surface area contributed by atoms with Gasteiger partial charge in [0.1, 0.15) is 5.69 Å². The molecule has 1 rings (SSSR count). The molecule has 0 saturated heterocycles. The lowest BCUT2D eigenvalue weighted by atomic mass is 10.1. The lowest BCUT2D eigenvalue weighted by Crippen LogP contribution is -2.36. The van der Waals surface area contributed by atoms with E-state index in [-0.39, 0.29) is 24.6 Å². The maximum Gasteiger partial charge on any atom is 0.269 e. The van der Waals surface area contributed by atoms with Crippen LogP contribution in [0.5, 0.6) is 0 Å². The van der Waals surface area contributed by atoms with Crippen LogP contribution in [-0.4, -0.2) is 33.4 Å². The summed E-state index contributed by atoms with van der Waals surface area (Å²) in [5.74, 6) is -0.128. The van der Waals surface area contributed by atoms with Crippen molar-refractivity contribution in [2.24, 2.45) is 0 Å². The van der Waals surface area contributed by atoms with Crippen LogP contribution in [0.2, 0.25) is 0 Å². The molecule has 1 unspecified atom stereocenters. The zero-order valence-corrected chi connectivity index (χ0v) is 10.7. The maximum atomic E-state index is 12.0. The van der Waals surface area contributed by atoms with Gasteiger partial charge in [0.2, 0.25) is 0 Å². The van der Waals surface area contributed by atoms with Gasteiger partial charge < -0.3 is 10.4 Å². The van der Waals surface area contributed by atoms with E-state index in [1.807, 2.05) is 20.8 Å². The zero-order valence-electron chi connectivity index (χ0n) is 10.7. The Labute approximate surface area is 102 Å². The summed E-state index contributed by atoms with van der Waals surface area (Å²) in [5.41, 5.74) is 0.566. The second-order valence-corrected chi connectivity index (χ2v) is 4.35. The van der Waals surface area contributed by atoms with Crippen molar-refractivity contribution >= 4 is 5.91 Å². The monoisotopic (exact) mass is 239 g/mol. The Kier molecular flexibility index (Phi) is 5.15. The van der Waals surface area contributed by atoms with Crippen LogP contribution in [0.25, 0.3) is 0 Å². The number of carbonyl (C=O) groups is 1. The smallest absolute Gasteiger partial charge is 0.269 e. The highest BCUT2D eigenvalue weighted by Gasteiger charge is 2.16. The summed E-state index contributed by atoms with van der Waals surface area (Å²) >= 11 is 0. The lowest BCUT2D eigenvalue weighted by Gasteiger charge is -2.17. The van der Waals surface area contributed by atoms with E-state index in [0.717, 1.165) is 6.42 Å². The van der Waals surface area contributed by atoms with Crippen molar-refractivity contribution in [3.63, 3.8) is 0 Å². The molecule has 5 nitrogen and oxygen atoms in total. The summed E-state index contributed by atoms with van der Waals surface area (Å²) in [6.07, 6.45) is 3.02. The summed E-state index contributed by atoms with van der Waals surface area (Å²) in [5, 5.41) is 15.9. The van der Waals surface area contributed by atoms with E-state index < -0.39 is 0 Å². The van der Waals surface area contributed by atoms with Gasteiger partial charge >= 0.3 is 0 Å². The van der Waals surface area contributed by atoms with E-state index in [1.165, 1.54) is 0 Å². The first-order chi connectivity index (χ1) is 8.10. The fourth-order valence-corrected chi connectivity index (χ4v) is 1.70. The Morgan fingerprint density at radius 2 is 2.29 bits per heavy atom. The van der Waals surface area contributed by atoms with Gasteiger partial charge in [0, 0.05) is 24.9 Å². The quantitative estimate of drug-likeness (QED) is 0.787. The van der Waals surface area contributed by atoms with E-state index in [2.05, 4.69) is 10.4 Å². The molecule has 0 aliphatic rings. The number of carbonyl (C=O) groups excluding carboxylic acids is 1. The van der Waals surface area contributed by atoms with Crippen LogP contribution in [-0.2, 0) is 0 Å². The largest absolute Gasteiger partial charge is 0.396 e. The molecule has 0 fully saturated rings. The van der Waals surface area contributed by atoms with Gasteiger partial charge in [-0.1, -0.05) is 6.92 Å². The molecule has 0 bridgehead atoms. The Morgan fingerprint density at radius 3 is 2.82 bits per heavy atom. The van der Waals surface area contributed by atoms with Crippen LogP contribution in [0.3, 0.4) is 0 Å². The molecule has 1 aromatic rings. The fraction of sp³-hybridized carbons (Fsp3) is 0.667. The number of hydrogen-bond acceptors (Lipinski definition) is 3. The normalized spacial score (nSPS) is 12.8. The second-order valence-electron chi connectivity index (χ2n) is 4.35. The Hall–Kier alpha value is -1.36. The summed E-state index contributed by atoms with van der Waals surface area (Å²) in [6, 6.07) is 1.88. The number of amides is 1. The van der Waals surface area contributed by atoms with Gasteiger partial charge in [-0.2, -0.15) is 5.10 Å². The van der Waals surface area contributed by atoms with Crippen LogP contribution in [0.4, 0.5) is 0 Å². The van der Waals surface area contributed by atoms with Crippen LogP contribution in [0.1, 0.15) is 50.1 Å². The Morgan fingerprint density at radius 1 is 1.59 bits per heavy atom. The molecule has 1 heterocycles. The van der Waals surface area contributed by atoms with E-state index >= 15 is 0 Å². The molecular formula is C12H21N3O2. The molecule has 1 amide bonds. The van der Waals surface area contributed by atoms with E-state index in [9.17, 15) is 4.79 Å². The first-order valence-corrected chi connectivity index (χ1v) is 6.05. The van der Waals surface area contributed by atoms with E-state index in [1.54, 1.807) is 16.9 Å². The van der Waals surface area contributed by atoms with Crippen molar-refractivity contribution in [1.82, 2.24) is 15.1 Å². The minimum absolute atomic E-state index is 0.0167. The summed E-state index contributed by atoms with van der Waals surface area (Å²) in [7, 11) is 0. The average molecular weight is 239 g/mol. The van der Waals surface area contributed by atoms with Crippen molar-refractivity contribution in [3.8, 4) is 0 Å². The van der Waals surface area contributed by atoms with Crippen molar-refractivity contribution in [2.45, 2.75) is 45.7 Å². The minimum Gasteiger partial charge on any atom is -0.396 e. The SMILES string of the molecule is CCC(CCO)NC(=O)c1ccnn1C(C)C. The number of aliphatic hydroxyl groups is 1. The lowest BCUT2D eigenvalue weighted by molar-refractivity contribution is 0.0916. The summed E-state index contributed by atoms with van der Waals surface area (Å²) in [6.45, 7) is 6.03. The molecule has 1 atom stereocenters. The van der Waals surface area contributed by atoms with Gasteiger partial charge in [-0.05, 0) is 32.8 Å². The predicted octanol–water partition coefficient (Wildman–Crippen LogP) is 1.35. The minimum atomic E-state index is -0.128. The maximum absolute atomic E-state index is 12.0. The highest BCUT2D eigenvalue weighted by Crippen LogP contribution is 2.08. The fourth-order valence-electron chi connectivity index (χ4n) is 1.70. The molecule has 0 spiro atoms. The molecule has 17 heavy (non-hydrogen) atoms. The van der Waals surface area contributed by atoms with Gasteiger partial charge in [0.15, 0.2) is 0 Å². The average Bonchev–Trinajstić information content (AvgIpc) is 2.77. The van der Waals surface area contributed by atoms with Crippen molar-refractivity contribution in [1.29, 1.82) is 0 Å². The predicted molar refractivity (Wildman–Crippen MR) is 65.9 cm³/mol. The Balaban J connectivity index is 2.72. The molecule has 0 aliphatic heterocycles. The van der Waals surface area contributed by atoms with E-state index in [0.29, 0.717) is 12.1 Å².